The van der Waals surface area contributed by atoms with Crippen LogP contribution in [-0.4, -0.2) is 16.0 Å². The number of hydrogen-bond donors (Lipinski definition) is 1. The SMILES string of the molecule is Cc1cc(C)n(-c2cccc(Oc3cccc(N=CC(=CN)c4ccc(-c5ccccc5)cc4)c3)c2)n1. The minimum Gasteiger partial charge on any atom is -0.457 e. The molecule has 0 aliphatic carbocycles. The number of allylic oxidation sites excluding steroid dienone is 1. The number of aryl methyl sites for hydroxylation is 2. The van der Waals surface area contributed by atoms with Gasteiger partial charge < -0.3 is 10.5 Å². The van der Waals surface area contributed by atoms with Crippen LogP contribution in [-0.2, 0) is 0 Å². The molecule has 1 heterocycles. The quantitative estimate of drug-likeness (QED) is 0.241. The van der Waals surface area contributed by atoms with Gasteiger partial charge >= 0.3 is 0 Å². The molecule has 0 atom stereocenters. The van der Waals surface area contributed by atoms with Crippen LogP contribution in [0.2, 0.25) is 0 Å². The van der Waals surface area contributed by atoms with Crippen LogP contribution >= 0.6 is 0 Å². The summed E-state index contributed by atoms with van der Waals surface area (Å²) in [4.78, 5) is 4.65. The van der Waals surface area contributed by atoms with Gasteiger partial charge in [-0.2, -0.15) is 5.10 Å². The number of aliphatic imine (C=N–C) groups is 1. The number of ether oxygens (including phenoxy) is 1. The van der Waals surface area contributed by atoms with Crippen molar-refractivity contribution in [2.24, 2.45) is 10.7 Å². The van der Waals surface area contributed by atoms with E-state index in [1.165, 1.54) is 5.56 Å². The van der Waals surface area contributed by atoms with E-state index in [0.29, 0.717) is 5.75 Å². The van der Waals surface area contributed by atoms with Crippen LogP contribution in [0.5, 0.6) is 11.5 Å². The van der Waals surface area contributed by atoms with Crippen molar-refractivity contribution in [3.8, 4) is 28.3 Å². The van der Waals surface area contributed by atoms with E-state index in [0.717, 1.165) is 45.2 Å². The summed E-state index contributed by atoms with van der Waals surface area (Å²) in [5, 5.41) is 4.56. The van der Waals surface area contributed by atoms with Crippen molar-refractivity contribution in [2.75, 3.05) is 0 Å². The Morgan fingerprint density at radius 2 is 1.49 bits per heavy atom. The standard InChI is InChI=1S/C32H28N4O/c1-23-18-24(2)36(35-23)30-11-7-13-32(20-30)37-31-12-6-10-29(19-31)34-22-28(21-33)27-16-14-26(15-17-27)25-8-4-3-5-9-25/h3-22H,33H2,1-2H3. The monoisotopic (exact) mass is 484 g/mol. The number of nitrogens with two attached hydrogens (primary N) is 1. The van der Waals surface area contributed by atoms with Crippen molar-refractivity contribution in [1.82, 2.24) is 9.78 Å². The second-order valence-electron chi connectivity index (χ2n) is 8.76. The summed E-state index contributed by atoms with van der Waals surface area (Å²) < 4.78 is 8.06. The predicted molar refractivity (Wildman–Crippen MR) is 152 cm³/mol. The Balaban J connectivity index is 1.31. The number of rotatable bonds is 7. The van der Waals surface area contributed by atoms with E-state index in [-0.39, 0.29) is 0 Å². The van der Waals surface area contributed by atoms with Gasteiger partial charge in [0.15, 0.2) is 0 Å². The highest BCUT2D eigenvalue weighted by atomic mass is 16.5. The van der Waals surface area contributed by atoms with Crippen LogP contribution in [0.1, 0.15) is 17.0 Å². The number of hydrogen-bond acceptors (Lipinski definition) is 4. The maximum Gasteiger partial charge on any atom is 0.129 e. The fourth-order valence-corrected chi connectivity index (χ4v) is 4.18. The third kappa shape index (κ3) is 5.68. The molecular formula is C32H28N4O. The molecule has 5 rings (SSSR count). The first-order valence-electron chi connectivity index (χ1n) is 12.1. The first kappa shape index (κ1) is 23.8. The molecule has 0 saturated heterocycles. The summed E-state index contributed by atoms with van der Waals surface area (Å²) in [6.45, 7) is 4.03. The number of benzene rings is 4. The molecular weight excluding hydrogens is 456 g/mol. The van der Waals surface area contributed by atoms with Crippen LogP contribution in [0, 0.1) is 13.8 Å². The molecule has 5 aromatic rings. The Morgan fingerprint density at radius 3 is 2.19 bits per heavy atom. The van der Waals surface area contributed by atoms with E-state index in [2.05, 4.69) is 52.6 Å². The molecule has 0 spiro atoms. The average molecular weight is 485 g/mol. The minimum absolute atomic E-state index is 0.700. The highest BCUT2D eigenvalue weighted by Crippen LogP contribution is 2.28. The van der Waals surface area contributed by atoms with E-state index < -0.39 is 0 Å². The lowest BCUT2D eigenvalue weighted by molar-refractivity contribution is 0.482. The summed E-state index contributed by atoms with van der Waals surface area (Å²) in [5.41, 5.74) is 13.9. The minimum atomic E-state index is 0.700. The van der Waals surface area contributed by atoms with Gasteiger partial charge in [0.1, 0.15) is 11.5 Å². The van der Waals surface area contributed by atoms with Gasteiger partial charge in [0.25, 0.3) is 0 Å². The number of nitrogens with zero attached hydrogens (tertiary/aromatic N) is 3. The maximum atomic E-state index is 6.15. The van der Waals surface area contributed by atoms with Gasteiger partial charge in [0.05, 0.1) is 17.1 Å². The fourth-order valence-electron chi connectivity index (χ4n) is 4.18. The van der Waals surface area contributed by atoms with Crippen LogP contribution in [0.25, 0.3) is 22.4 Å². The lowest BCUT2D eigenvalue weighted by Gasteiger charge is -2.09. The zero-order valence-corrected chi connectivity index (χ0v) is 20.9. The van der Waals surface area contributed by atoms with Crippen LogP contribution in [0.3, 0.4) is 0 Å². The molecule has 1 aromatic heterocycles. The molecule has 37 heavy (non-hydrogen) atoms. The van der Waals surface area contributed by atoms with Gasteiger partial charge in [-0.05, 0) is 60.9 Å². The lowest BCUT2D eigenvalue weighted by Crippen LogP contribution is -1.99. The van der Waals surface area contributed by atoms with E-state index in [1.54, 1.807) is 12.4 Å². The smallest absolute Gasteiger partial charge is 0.129 e. The topological polar surface area (TPSA) is 65.4 Å². The molecule has 4 aromatic carbocycles. The Bertz CT molecular complexity index is 1560. The predicted octanol–water partition coefficient (Wildman–Crippen LogP) is 7.65. The molecule has 5 heteroatoms. The summed E-state index contributed by atoms with van der Waals surface area (Å²) in [5.74, 6) is 1.43. The van der Waals surface area contributed by atoms with Crippen LogP contribution < -0.4 is 10.5 Å². The summed E-state index contributed by atoms with van der Waals surface area (Å²) >= 11 is 0. The second-order valence-corrected chi connectivity index (χ2v) is 8.76. The van der Waals surface area contributed by atoms with Gasteiger partial charge in [-0.3, -0.25) is 4.99 Å². The maximum absolute atomic E-state index is 6.15. The molecule has 0 unspecified atom stereocenters. The average Bonchev–Trinajstić information content (AvgIpc) is 3.28. The Hall–Kier alpha value is -4.90. The van der Waals surface area contributed by atoms with Crippen molar-refractivity contribution >= 4 is 17.5 Å². The van der Waals surface area contributed by atoms with Crippen molar-refractivity contribution < 1.29 is 4.74 Å². The molecule has 0 fully saturated rings. The van der Waals surface area contributed by atoms with Crippen molar-refractivity contribution in [2.45, 2.75) is 13.8 Å². The van der Waals surface area contributed by atoms with Crippen LogP contribution in [0.15, 0.2) is 120 Å². The fraction of sp³-hybridized carbons (Fsp3) is 0.0625. The normalized spacial score (nSPS) is 11.7. The van der Waals surface area contributed by atoms with Gasteiger partial charge in [-0.25, -0.2) is 4.68 Å². The molecule has 182 valence electrons. The molecule has 0 radical (unpaired) electrons. The van der Waals surface area contributed by atoms with Crippen molar-refractivity contribution in [3.63, 3.8) is 0 Å². The van der Waals surface area contributed by atoms with E-state index in [1.807, 2.05) is 85.3 Å². The largest absolute Gasteiger partial charge is 0.457 e. The molecule has 0 aliphatic heterocycles. The van der Waals surface area contributed by atoms with Gasteiger partial charge in [-0.1, -0.05) is 66.7 Å². The Kier molecular flexibility index (Phi) is 6.95. The third-order valence-electron chi connectivity index (χ3n) is 5.98. The molecule has 5 nitrogen and oxygen atoms in total. The molecule has 2 N–H and O–H groups in total. The van der Waals surface area contributed by atoms with E-state index >= 15 is 0 Å². The first-order valence-corrected chi connectivity index (χ1v) is 12.1. The zero-order chi connectivity index (χ0) is 25.6. The Morgan fingerprint density at radius 1 is 0.784 bits per heavy atom. The zero-order valence-electron chi connectivity index (χ0n) is 20.9. The third-order valence-corrected chi connectivity index (χ3v) is 5.98. The lowest BCUT2D eigenvalue weighted by atomic mass is 10.0. The van der Waals surface area contributed by atoms with Gasteiger partial charge in [-0.15, -0.1) is 0 Å². The van der Waals surface area contributed by atoms with Crippen molar-refractivity contribution in [3.05, 3.63) is 132 Å². The highest BCUT2D eigenvalue weighted by Gasteiger charge is 2.06. The van der Waals surface area contributed by atoms with Gasteiger partial charge in [0.2, 0.25) is 0 Å². The molecule has 0 bridgehead atoms. The molecule has 0 saturated carbocycles. The van der Waals surface area contributed by atoms with Gasteiger partial charge in [0, 0.05) is 35.8 Å². The molecule has 0 amide bonds. The summed E-state index contributed by atoms with van der Waals surface area (Å²) in [6.07, 6.45) is 3.35. The van der Waals surface area contributed by atoms with E-state index in [9.17, 15) is 0 Å². The second kappa shape index (κ2) is 10.8. The molecule has 0 aliphatic rings. The van der Waals surface area contributed by atoms with E-state index in [4.69, 9.17) is 10.5 Å². The highest BCUT2D eigenvalue weighted by molar-refractivity contribution is 6.10. The van der Waals surface area contributed by atoms with Crippen molar-refractivity contribution in [1.29, 1.82) is 0 Å². The number of aromatic nitrogens is 2. The first-order chi connectivity index (χ1) is 18.1. The Labute approximate surface area is 217 Å². The van der Waals surface area contributed by atoms with Crippen LogP contribution in [0.4, 0.5) is 5.69 Å². The summed E-state index contributed by atoms with van der Waals surface area (Å²) in [7, 11) is 0. The summed E-state index contributed by atoms with van der Waals surface area (Å²) in [6, 6.07) is 36.2.